The monoisotopic (exact) mass is 317 g/mol. The molecule has 1 aromatic heterocycles. The van der Waals surface area contributed by atoms with Crippen LogP contribution in [0.2, 0.25) is 0 Å². The van der Waals surface area contributed by atoms with Gasteiger partial charge < -0.3 is 19.4 Å². The quantitative estimate of drug-likeness (QED) is 0.844. The second-order valence-electron chi connectivity index (χ2n) is 5.58. The van der Waals surface area contributed by atoms with Crippen LogP contribution in [0.3, 0.4) is 0 Å². The van der Waals surface area contributed by atoms with Crippen molar-refractivity contribution in [3.8, 4) is 17.2 Å². The molecule has 124 valence electrons. The molecule has 23 heavy (non-hydrogen) atoms. The third-order valence-corrected chi connectivity index (χ3v) is 3.42. The lowest BCUT2D eigenvalue weighted by atomic mass is 10.2. The third kappa shape index (κ3) is 4.82. The number of carbonyl (C=O) groups is 1. The van der Waals surface area contributed by atoms with E-state index in [1.807, 2.05) is 50.2 Å². The first-order chi connectivity index (χ1) is 11.0. The summed E-state index contributed by atoms with van der Waals surface area (Å²) in [4.78, 5) is 18.4. The zero-order chi connectivity index (χ0) is 16.8. The summed E-state index contributed by atoms with van der Waals surface area (Å²) in [5.74, 6) is 1.84. The van der Waals surface area contributed by atoms with Crippen LogP contribution in [0.1, 0.15) is 11.5 Å². The number of benzene rings is 1. The molecule has 0 bridgehead atoms. The van der Waals surface area contributed by atoms with Gasteiger partial charge in [0, 0.05) is 18.7 Å². The molecule has 0 aliphatic carbocycles. The van der Waals surface area contributed by atoms with E-state index < -0.39 is 0 Å². The van der Waals surface area contributed by atoms with Gasteiger partial charge >= 0.3 is 0 Å². The first-order valence-corrected chi connectivity index (χ1v) is 7.51. The molecule has 2 aromatic rings. The minimum Gasteiger partial charge on any atom is -0.497 e. The normalized spacial score (nSPS) is 10.8. The van der Waals surface area contributed by atoms with E-state index >= 15 is 0 Å². The van der Waals surface area contributed by atoms with Gasteiger partial charge in [0.25, 0.3) is 0 Å². The van der Waals surface area contributed by atoms with E-state index in [-0.39, 0.29) is 12.3 Å². The Morgan fingerprint density at radius 1 is 1.39 bits per heavy atom. The van der Waals surface area contributed by atoms with Gasteiger partial charge in [0.15, 0.2) is 0 Å². The van der Waals surface area contributed by atoms with Crippen LogP contribution < -0.4 is 10.1 Å². The Bertz CT molecular complexity index is 665. The van der Waals surface area contributed by atoms with E-state index in [4.69, 9.17) is 9.15 Å². The summed E-state index contributed by atoms with van der Waals surface area (Å²) < 4.78 is 10.9. The molecule has 0 aliphatic rings. The molecular formula is C17H23N3O3. The Labute approximate surface area is 136 Å². The molecule has 0 fully saturated rings. The number of amides is 1. The van der Waals surface area contributed by atoms with Crippen LogP contribution in [0, 0.1) is 6.92 Å². The average Bonchev–Trinajstić information content (AvgIpc) is 2.88. The molecule has 0 aliphatic heterocycles. The molecule has 0 atom stereocenters. The lowest BCUT2D eigenvalue weighted by molar-refractivity contribution is -0.120. The molecule has 0 spiro atoms. The summed E-state index contributed by atoms with van der Waals surface area (Å²) in [6.07, 6.45) is 0.215. The molecular weight excluding hydrogens is 294 g/mol. The number of ether oxygens (including phenoxy) is 1. The molecule has 2 rings (SSSR count). The third-order valence-electron chi connectivity index (χ3n) is 3.42. The largest absolute Gasteiger partial charge is 0.497 e. The SMILES string of the molecule is COc1cccc(-c2nc(CC(=O)NCCN(C)C)c(C)o2)c1. The predicted octanol–water partition coefficient (Wildman–Crippen LogP) is 1.88. The number of hydrogen-bond acceptors (Lipinski definition) is 5. The van der Waals surface area contributed by atoms with Crippen LogP contribution in [0.4, 0.5) is 0 Å². The highest BCUT2D eigenvalue weighted by atomic mass is 16.5. The second-order valence-corrected chi connectivity index (χ2v) is 5.58. The van der Waals surface area contributed by atoms with Gasteiger partial charge in [-0.3, -0.25) is 4.79 Å². The summed E-state index contributed by atoms with van der Waals surface area (Å²) in [6.45, 7) is 3.24. The van der Waals surface area contributed by atoms with Gasteiger partial charge in [0.1, 0.15) is 11.5 Å². The van der Waals surface area contributed by atoms with Gasteiger partial charge in [-0.05, 0) is 39.2 Å². The van der Waals surface area contributed by atoms with Gasteiger partial charge in [0.05, 0.1) is 19.2 Å². The number of methoxy groups -OCH3 is 1. The van der Waals surface area contributed by atoms with E-state index in [1.165, 1.54) is 0 Å². The van der Waals surface area contributed by atoms with Crippen molar-refractivity contribution in [1.29, 1.82) is 0 Å². The number of rotatable bonds is 7. The fraction of sp³-hybridized carbons (Fsp3) is 0.412. The van der Waals surface area contributed by atoms with Gasteiger partial charge in [-0.2, -0.15) is 0 Å². The van der Waals surface area contributed by atoms with Crippen molar-refractivity contribution < 1.29 is 13.9 Å². The number of hydrogen-bond donors (Lipinski definition) is 1. The highest BCUT2D eigenvalue weighted by Crippen LogP contribution is 2.25. The maximum absolute atomic E-state index is 12.0. The van der Waals surface area contributed by atoms with Crippen LogP contribution in [0.25, 0.3) is 11.5 Å². The van der Waals surface area contributed by atoms with E-state index in [0.717, 1.165) is 17.9 Å². The smallest absolute Gasteiger partial charge is 0.226 e. The standard InChI is InChI=1S/C17H23N3O3/c1-12-15(11-16(21)18-8-9-20(2)3)19-17(23-12)13-6-5-7-14(10-13)22-4/h5-7,10H,8-9,11H2,1-4H3,(H,18,21). The first kappa shape index (κ1) is 17.0. The maximum atomic E-state index is 12.0. The van der Waals surface area contributed by atoms with Crippen LogP contribution >= 0.6 is 0 Å². The summed E-state index contributed by atoms with van der Waals surface area (Å²) in [7, 11) is 5.55. The number of likely N-dealkylation sites (N-methyl/N-ethyl adjacent to an activating group) is 1. The highest BCUT2D eigenvalue weighted by molar-refractivity contribution is 5.78. The summed E-state index contributed by atoms with van der Waals surface area (Å²) in [5, 5.41) is 2.87. The minimum atomic E-state index is -0.0551. The number of aromatic nitrogens is 1. The van der Waals surface area contributed by atoms with Crippen molar-refractivity contribution in [2.45, 2.75) is 13.3 Å². The average molecular weight is 317 g/mol. The molecule has 0 unspecified atom stereocenters. The molecule has 0 radical (unpaired) electrons. The molecule has 1 amide bonds. The minimum absolute atomic E-state index is 0.0551. The Morgan fingerprint density at radius 3 is 2.87 bits per heavy atom. The lowest BCUT2D eigenvalue weighted by Crippen LogP contribution is -2.32. The lowest BCUT2D eigenvalue weighted by Gasteiger charge is -2.09. The summed E-state index contributed by atoms with van der Waals surface area (Å²) >= 11 is 0. The number of nitrogens with zero attached hydrogens (tertiary/aromatic N) is 2. The maximum Gasteiger partial charge on any atom is 0.226 e. The Kier molecular flexibility index (Phi) is 5.76. The molecule has 6 heteroatoms. The highest BCUT2D eigenvalue weighted by Gasteiger charge is 2.15. The first-order valence-electron chi connectivity index (χ1n) is 7.51. The van der Waals surface area contributed by atoms with Gasteiger partial charge in [-0.25, -0.2) is 4.98 Å². The fourth-order valence-corrected chi connectivity index (χ4v) is 2.11. The second kappa shape index (κ2) is 7.78. The van der Waals surface area contributed by atoms with Crippen molar-refractivity contribution in [2.24, 2.45) is 0 Å². The molecule has 1 heterocycles. The van der Waals surface area contributed by atoms with E-state index in [0.29, 0.717) is 23.9 Å². The van der Waals surface area contributed by atoms with Crippen LogP contribution in [0.5, 0.6) is 5.75 Å². The Morgan fingerprint density at radius 2 is 2.17 bits per heavy atom. The Hall–Kier alpha value is -2.34. The van der Waals surface area contributed by atoms with Crippen LogP contribution in [-0.4, -0.2) is 50.1 Å². The predicted molar refractivity (Wildman–Crippen MR) is 88.5 cm³/mol. The zero-order valence-corrected chi connectivity index (χ0v) is 14.0. The molecule has 1 aromatic carbocycles. The zero-order valence-electron chi connectivity index (χ0n) is 14.0. The van der Waals surface area contributed by atoms with Crippen molar-refractivity contribution in [2.75, 3.05) is 34.3 Å². The van der Waals surface area contributed by atoms with Crippen molar-refractivity contribution in [1.82, 2.24) is 15.2 Å². The fourth-order valence-electron chi connectivity index (χ4n) is 2.11. The molecule has 0 saturated carbocycles. The molecule has 0 saturated heterocycles. The van der Waals surface area contributed by atoms with Gasteiger partial charge in [-0.15, -0.1) is 0 Å². The van der Waals surface area contributed by atoms with E-state index in [9.17, 15) is 4.79 Å². The number of carbonyl (C=O) groups excluding carboxylic acids is 1. The molecule has 6 nitrogen and oxygen atoms in total. The number of oxazole rings is 1. The summed E-state index contributed by atoms with van der Waals surface area (Å²) in [6, 6.07) is 7.49. The van der Waals surface area contributed by atoms with Crippen molar-refractivity contribution in [3.63, 3.8) is 0 Å². The van der Waals surface area contributed by atoms with Crippen LogP contribution in [-0.2, 0) is 11.2 Å². The topological polar surface area (TPSA) is 67.6 Å². The van der Waals surface area contributed by atoms with E-state index in [1.54, 1.807) is 7.11 Å². The van der Waals surface area contributed by atoms with Crippen LogP contribution in [0.15, 0.2) is 28.7 Å². The van der Waals surface area contributed by atoms with E-state index in [2.05, 4.69) is 10.3 Å². The number of nitrogens with one attached hydrogen (secondary N) is 1. The van der Waals surface area contributed by atoms with Crippen molar-refractivity contribution >= 4 is 5.91 Å². The number of aryl methyl sites for hydroxylation is 1. The summed E-state index contributed by atoms with van der Waals surface area (Å²) in [5.41, 5.74) is 1.48. The van der Waals surface area contributed by atoms with Gasteiger partial charge in [0.2, 0.25) is 11.8 Å². The van der Waals surface area contributed by atoms with Gasteiger partial charge in [-0.1, -0.05) is 6.07 Å². The van der Waals surface area contributed by atoms with Crippen molar-refractivity contribution in [3.05, 3.63) is 35.7 Å². The Balaban J connectivity index is 2.04. The molecule has 1 N–H and O–H groups in total.